The van der Waals surface area contributed by atoms with Crippen molar-refractivity contribution in [2.45, 2.75) is 128 Å². The van der Waals surface area contributed by atoms with Crippen molar-refractivity contribution in [1.29, 1.82) is 0 Å². The van der Waals surface area contributed by atoms with Crippen LogP contribution in [0.5, 0.6) is 0 Å². The van der Waals surface area contributed by atoms with Gasteiger partial charge in [-0.1, -0.05) is 96.9 Å². The van der Waals surface area contributed by atoms with E-state index in [2.05, 4.69) is 123 Å². The van der Waals surface area contributed by atoms with Gasteiger partial charge in [-0.2, -0.15) is 0 Å². The number of rotatable bonds is 10. The Kier molecular flexibility index (Phi) is 9.00. The summed E-state index contributed by atoms with van der Waals surface area (Å²) in [6.45, 7) is 25.6. The van der Waals surface area contributed by atoms with Gasteiger partial charge in [0.15, 0.2) is 0 Å². The number of fused-ring (bicyclic) bond motifs is 2. The van der Waals surface area contributed by atoms with E-state index in [-0.39, 0.29) is 10.8 Å². The average Bonchev–Trinajstić information content (AvgIpc) is 3.90. The fraction of sp³-hybridized carbons (Fsp3) is 0.523. The first-order valence-corrected chi connectivity index (χ1v) is 19.0. The van der Waals surface area contributed by atoms with E-state index in [1.165, 1.54) is 90.0 Å². The topological polar surface area (TPSA) is 43.9 Å². The summed E-state index contributed by atoms with van der Waals surface area (Å²) in [7, 11) is 0. The van der Waals surface area contributed by atoms with Crippen LogP contribution in [0.25, 0.3) is 23.3 Å². The van der Waals surface area contributed by atoms with Gasteiger partial charge in [-0.15, -0.1) is 0 Å². The molecule has 4 aliphatic rings. The molecule has 0 amide bonds. The number of nitrogens with zero attached hydrogens (tertiary/aromatic N) is 1. The van der Waals surface area contributed by atoms with Gasteiger partial charge in [0, 0.05) is 50.3 Å². The summed E-state index contributed by atoms with van der Waals surface area (Å²) in [5.41, 5.74) is 18.3. The Hall–Kier alpha value is -3.33. The first-order valence-electron chi connectivity index (χ1n) is 19.0. The van der Waals surface area contributed by atoms with Crippen molar-refractivity contribution in [3.05, 3.63) is 91.1 Å². The van der Waals surface area contributed by atoms with Crippen molar-refractivity contribution in [2.75, 3.05) is 0 Å². The summed E-state index contributed by atoms with van der Waals surface area (Å²) in [5, 5.41) is 2.56. The van der Waals surface area contributed by atoms with Crippen molar-refractivity contribution < 1.29 is 0 Å². The van der Waals surface area contributed by atoms with E-state index in [0.717, 1.165) is 44.9 Å². The zero-order chi connectivity index (χ0) is 33.8. The first-order chi connectivity index (χ1) is 22.7. The summed E-state index contributed by atoms with van der Waals surface area (Å²) >= 11 is 0. The van der Waals surface area contributed by atoms with Crippen LogP contribution in [0, 0.1) is 22.7 Å². The maximum Gasteiger partial charge on any atom is 0.0609 e. The summed E-state index contributed by atoms with van der Waals surface area (Å²) in [6.07, 6.45) is 23.2. The summed E-state index contributed by atoms with van der Waals surface area (Å²) < 4.78 is 0. The quantitative estimate of drug-likeness (QED) is 0.263. The number of allylic oxidation sites excluding steroid dienone is 9. The van der Waals surface area contributed by atoms with Gasteiger partial charge in [0.1, 0.15) is 0 Å². The van der Waals surface area contributed by atoms with Crippen LogP contribution in [0.3, 0.4) is 0 Å². The maximum absolute atomic E-state index is 5.67. The molecule has 0 aromatic carbocycles. The van der Waals surface area contributed by atoms with E-state index in [1.807, 2.05) is 0 Å². The van der Waals surface area contributed by atoms with Crippen LogP contribution < -0.4 is 10.7 Å². The second-order valence-corrected chi connectivity index (χ2v) is 14.4. The predicted octanol–water partition coefficient (Wildman–Crippen LogP) is 10.1. The molecule has 0 saturated carbocycles. The normalized spacial score (nSPS) is 29.0. The molecule has 0 bridgehead atoms. The van der Waals surface area contributed by atoms with Crippen LogP contribution in [-0.4, -0.2) is 15.7 Å². The summed E-state index contributed by atoms with van der Waals surface area (Å²) in [4.78, 5) is 13.6. The molecule has 250 valence electrons. The van der Waals surface area contributed by atoms with E-state index in [4.69, 9.17) is 4.99 Å². The third kappa shape index (κ3) is 4.47. The summed E-state index contributed by atoms with van der Waals surface area (Å²) in [5.74, 6) is 0.939. The molecule has 3 heterocycles. The molecule has 0 fully saturated rings. The Labute approximate surface area is 284 Å². The summed E-state index contributed by atoms with van der Waals surface area (Å²) in [6, 6.07) is 0. The zero-order valence-electron chi connectivity index (χ0n) is 31.2. The lowest BCUT2D eigenvalue weighted by Gasteiger charge is -2.34. The molecule has 3 nitrogen and oxygen atoms in total. The van der Waals surface area contributed by atoms with Gasteiger partial charge in [0.25, 0.3) is 0 Å². The van der Waals surface area contributed by atoms with Crippen LogP contribution in [-0.2, 0) is 25.7 Å². The fourth-order valence-electron chi connectivity index (χ4n) is 10.6. The van der Waals surface area contributed by atoms with Gasteiger partial charge in [0.05, 0.1) is 11.1 Å². The molecule has 3 heteroatoms. The highest BCUT2D eigenvalue weighted by Crippen LogP contribution is 2.59. The zero-order valence-corrected chi connectivity index (χ0v) is 31.2. The minimum Gasteiger partial charge on any atom is -0.355 e. The van der Waals surface area contributed by atoms with E-state index >= 15 is 0 Å². The molecule has 6 rings (SSSR count). The van der Waals surface area contributed by atoms with Crippen molar-refractivity contribution in [2.24, 2.45) is 27.7 Å². The van der Waals surface area contributed by atoms with Gasteiger partial charge < -0.3 is 9.97 Å². The highest BCUT2D eigenvalue weighted by atomic mass is 14.9. The Bertz CT molecular complexity index is 1910. The highest BCUT2D eigenvalue weighted by Gasteiger charge is 2.53. The van der Waals surface area contributed by atoms with Gasteiger partial charge in [-0.25, -0.2) is 0 Å². The molecule has 3 aliphatic carbocycles. The molecule has 47 heavy (non-hydrogen) atoms. The van der Waals surface area contributed by atoms with E-state index in [9.17, 15) is 0 Å². The van der Waals surface area contributed by atoms with Gasteiger partial charge in [-0.05, 0) is 112 Å². The first kappa shape index (κ1) is 33.6. The lowest BCUT2D eigenvalue weighted by Crippen LogP contribution is -2.33. The van der Waals surface area contributed by atoms with Crippen LogP contribution in [0.4, 0.5) is 0 Å². The van der Waals surface area contributed by atoms with Gasteiger partial charge in [-0.3, -0.25) is 4.99 Å². The SMILES string of the molecule is C/C=c1\[nH]/c(=C2/C=C(C)C3(CC)C2=N/C(=C\c2[nH]c(C4=C5C=CC(CC)C5(CC)C(C)=C4)c(CC)c2CC)C3CC)c(CC)c1CC. The standard InChI is InChI=1S/C44H59N3/c1-12-28-21-22-36-33(23-26(10)43(28,36)19-8)40-32(16-5)30(14-3)38(46-40)25-39-35(17-6)44(20-9)27(11)24-34(42(44)47-39)41-31(15-4)29(13-2)37(18-7)45-41/h18,21-25,28,35,45-46H,12-17,19-20H2,1-11H3/b37-18-,39-25-,41-34-. The largest absolute Gasteiger partial charge is 0.355 e. The van der Waals surface area contributed by atoms with Gasteiger partial charge in [0.2, 0.25) is 0 Å². The van der Waals surface area contributed by atoms with Crippen molar-refractivity contribution >= 4 is 29.0 Å². The maximum atomic E-state index is 5.67. The third-order valence-corrected chi connectivity index (χ3v) is 12.9. The number of nitrogens with one attached hydrogen (secondary N) is 2. The number of aromatic nitrogens is 2. The van der Waals surface area contributed by atoms with Crippen LogP contribution in [0.15, 0.2) is 51.7 Å². The Morgan fingerprint density at radius 2 is 1.38 bits per heavy atom. The van der Waals surface area contributed by atoms with E-state index < -0.39 is 0 Å². The molecule has 0 spiro atoms. The molecule has 2 aromatic heterocycles. The smallest absolute Gasteiger partial charge is 0.0609 e. The van der Waals surface area contributed by atoms with Crippen molar-refractivity contribution in [3.8, 4) is 0 Å². The van der Waals surface area contributed by atoms with Crippen LogP contribution >= 0.6 is 0 Å². The van der Waals surface area contributed by atoms with Crippen LogP contribution in [0.2, 0.25) is 0 Å². The van der Waals surface area contributed by atoms with Crippen LogP contribution in [0.1, 0.15) is 135 Å². The molecule has 2 aromatic rings. The second-order valence-electron chi connectivity index (χ2n) is 14.4. The highest BCUT2D eigenvalue weighted by molar-refractivity contribution is 6.30. The number of aliphatic imine (C=N–C) groups is 1. The number of hydrogen-bond donors (Lipinski definition) is 2. The van der Waals surface area contributed by atoms with Gasteiger partial charge >= 0.3 is 0 Å². The minimum atomic E-state index is -0.0513. The monoisotopic (exact) mass is 629 g/mol. The molecule has 4 unspecified atom stereocenters. The van der Waals surface area contributed by atoms with Crippen molar-refractivity contribution in [1.82, 2.24) is 9.97 Å². The second kappa shape index (κ2) is 12.6. The molecule has 4 atom stereocenters. The van der Waals surface area contributed by atoms with Crippen molar-refractivity contribution in [3.63, 3.8) is 0 Å². The lowest BCUT2D eigenvalue weighted by atomic mass is 9.67. The molecular weight excluding hydrogens is 571 g/mol. The third-order valence-electron chi connectivity index (χ3n) is 12.9. The number of hydrogen-bond acceptors (Lipinski definition) is 1. The molecule has 1 aliphatic heterocycles. The molecule has 0 saturated heterocycles. The molecule has 2 N–H and O–H groups in total. The fourth-order valence-corrected chi connectivity index (χ4v) is 10.6. The van der Waals surface area contributed by atoms with E-state index in [0.29, 0.717) is 11.8 Å². The minimum absolute atomic E-state index is 0.0513. The van der Waals surface area contributed by atoms with E-state index in [1.54, 1.807) is 0 Å². The Balaban J connectivity index is 1.57. The molecule has 0 radical (unpaired) electrons. The predicted molar refractivity (Wildman–Crippen MR) is 204 cm³/mol. The number of H-pyrrole nitrogens is 2. The Morgan fingerprint density at radius 3 is 1.96 bits per heavy atom. The lowest BCUT2D eigenvalue weighted by molar-refractivity contribution is 0.321. The number of aromatic amines is 2. The molecular formula is C44H59N3. The Morgan fingerprint density at radius 1 is 0.745 bits per heavy atom. The average molecular weight is 630 g/mol.